The molecule has 1 heterocycles. The van der Waals surface area contributed by atoms with Gasteiger partial charge in [0.05, 0.1) is 7.11 Å². The predicted molar refractivity (Wildman–Crippen MR) is 62.0 cm³/mol. The zero-order chi connectivity index (χ0) is 11.7. The molecule has 3 nitrogen and oxygen atoms in total. The monoisotopic (exact) mass is 256 g/mol. The lowest BCUT2D eigenvalue weighted by atomic mass is 9.99. The standard InChI is InChI=1S/C11H9ClO3S/c1-15-11(14)8-5-16-9-3-2-6(12)4-7(9)10(8)13/h2-4,8H,5H2,1H3/t8-/m0/s1. The van der Waals surface area contributed by atoms with Gasteiger partial charge in [0, 0.05) is 21.2 Å². The Morgan fingerprint density at radius 2 is 2.31 bits per heavy atom. The number of rotatable bonds is 1. The van der Waals surface area contributed by atoms with Gasteiger partial charge in [-0.15, -0.1) is 11.8 Å². The first-order valence-electron chi connectivity index (χ1n) is 4.68. The maximum Gasteiger partial charge on any atom is 0.317 e. The quantitative estimate of drug-likeness (QED) is 0.572. The number of esters is 1. The van der Waals surface area contributed by atoms with Gasteiger partial charge in [-0.2, -0.15) is 0 Å². The summed E-state index contributed by atoms with van der Waals surface area (Å²) in [5.74, 6) is -0.965. The van der Waals surface area contributed by atoms with E-state index in [1.165, 1.54) is 18.9 Å². The van der Waals surface area contributed by atoms with Gasteiger partial charge in [-0.05, 0) is 18.2 Å². The predicted octanol–water partition coefficient (Wildman–Crippen LogP) is 2.42. The minimum Gasteiger partial charge on any atom is -0.468 e. The zero-order valence-corrected chi connectivity index (χ0v) is 10.1. The third-order valence-corrected chi connectivity index (χ3v) is 3.82. The Morgan fingerprint density at radius 1 is 1.56 bits per heavy atom. The molecule has 0 spiro atoms. The number of halogens is 1. The van der Waals surface area contributed by atoms with Crippen molar-refractivity contribution in [3.8, 4) is 0 Å². The summed E-state index contributed by atoms with van der Waals surface area (Å²) in [6.45, 7) is 0. The van der Waals surface area contributed by atoms with Gasteiger partial charge < -0.3 is 4.74 Å². The van der Waals surface area contributed by atoms with Crippen LogP contribution in [0.4, 0.5) is 0 Å². The van der Waals surface area contributed by atoms with E-state index in [9.17, 15) is 9.59 Å². The molecule has 0 fully saturated rings. The van der Waals surface area contributed by atoms with E-state index in [0.717, 1.165) is 4.90 Å². The van der Waals surface area contributed by atoms with Crippen LogP contribution in [0.2, 0.25) is 5.02 Å². The van der Waals surface area contributed by atoms with Gasteiger partial charge in [0.25, 0.3) is 0 Å². The molecule has 1 aromatic rings. The average molecular weight is 257 g/mol. The van der Waals surface area contributed by atoms with Crippen LogP contribution >= 0.6 is 23.4 Å². The number of hydrogen-bond donors (Lipinski definition) is 0. The summed E-state index contributed by atoms with van der Waals surface area (Å²) in [4.78, 5) is 24.2. The third-order valence-electron chi connectivity index (χ3n) is 2.41. The molecule has 0 saturated heterocycles. The molecule has 0 N–H and O–H groups in total. The largest absolute Gasteiger partial charge is 0.468 e. The van der Waals surface area contributed by atoms with Crippen molar-refractivity contribution in [3.05, 3.63) is 28.8 Å². The highest BCUT2D eigenvalue weighted by molar-refractivity contribution is 7.99. The number of thioether (sulfide) groups is 1. The second-order valence-electron chi connectivity index (χ2n) is 3.39. The second-order valence-corrected chi connectivity index (χ2v) is 4.89. The van der Waals surface area contributed by atoms with E-state index in [4.69, 9.17) is 11.6 Å². The molecule has 2 rings (SSSR count). The Bertz CT molecular complexity index is 459. The fraction of sp³-hybridized carbons (Fsp3) is 0.273. The number of hydrogen-bond acceptors (Lipinski definition) is 4. The van der Waals surface area contributed by atoms with E-state index in [2.05, 4.69) is 4.74 Å². The van der Waals surface area contributed by atoms with Gasteiger partial charge in [-0.25, -0.2) is 0 Å². The Kier molecular flexibility index (Phi) is 3.21. The van der Waals surface area contributed by atoms with Crippen LogP contribution in [0.3, 0.4) is 0 Å². The van der Waals surface area contributed by atoms with Crippen LogP contribution in [0, 0.1) is 5.92 Å². The molecule has 84 valence electrons. The number of benzene rings is 1. The number of carbonyl (C=O) groups excluding carboxylic acids is 2. The van der Waals surface area contributed by atoms with E-state index < -0.39 is 11.9 Å². The van der Waals surface area contributed by atoms with Crippen molar-refractivity contribution < 1.29 is 14.3 Å². The first-order valence-corrected chi connectivity index (χ1v) is 6.04. The Hall–Kier alpha value is -1.00. The molecular formula is C11H9ClO3S. The number of carbonyl (C=O) groups is 2. The van der Waals surface area contributed by atoms with Crippen LogP contribution in [0.25, 0.3) is 0 Å². The topological polar surface area (TPSA) is 43.4 Å². The van der Waals surface area contributed by atoms with Crippen molar-refractivity contribution in [1.82, 2.24) is 0 Å². The van der Waals surface area contributed by atoms with Crippen molar-refractivity contribution in [2.45, 2.75) is 4.90 Å². The molecule has 0 amide bonds. The van der Waals surface area contributed by atoms with Crippen molar-refractivity contribution in [3.63, 3.8) is 0 Å². The van der Waals surface area contributed by atoms with Crippen molar-refractivity contribution in [2.75, 3.05) is 12.9 Å². The van der Waals surface area contributed by atoms with Crippen LogP contribution in [0.5, 0.6) is 0 Å². The minimum absolute atomic E-state index is 0.205. The lowest BCUT2D eigenvalue weighted by molar-refractivity contribution is -0.142. The molecule has 0 bridgehead atoms. The first-order chi connectivity index (χ1) is 7.63. The van der Waals surface area contributed by atoms with E-state index >= 15 is 0 Å². The van der Waals surface area contributed by atoms with Gasteiger partial charge >= 0.3 is 5.97 Å². The maximum absolute atomic E-state index is 12.0. The van der Waals surface area contributed by atoms with Crippen LogP contribution in [-0.4, -0.2) is 24.6 Å². The van der Waals surface area contributed by atoms with Gasteiger partial charge in [0.2, 0.25) is 0 Å². The summed E-state index contributed by atoms with van der Waals surface area (Å²) in [5, 5.41) is 0.498. The fourth-order valence-corrected chi connectivity index (χ4v) is 2.86. The highest BCUT2D eigenvalue weighted by atomic mass is 35.5. The van der Waals surface area contributed by atoms with Gasteiger partial charge in [-0.1, -0.05) is 11.6 Å². The fourth-order valence-electron chi connectivity index (χ4n) is 1.57. The highest BCUT2D eigenvalue weighted by Crippen LogP contribution is 2.34. The number of ether oxygens (including phenoxy) is 1. The molecular weight excluding hydrogens is 248 g/mol. The molecule has 0 aromatic heterocycles. The number of ketones is 1. The summed E-state index contributed by atoms with van der Waals surface area (Å²) in [7, 11) is 1.29. The average Bonchev–Trinajstić information content (AvgIpc) is 2.29. The lowest BCUT2D eigenvalue weighted by Gasteiger charge is -2.20. The first kappa shape index (κ1) is 11.5. The normalized spacial score (nSPS) is 19.1. The van der Waals surface area contributed by atoms with Crippen LogP contribution in [0.15, 0.2) is 23.1 Å². The summed E-state index contributed by atoms with van der Waals surface area (Å²) in [5.41, 5.74) is 0.513. The Labute approximate surface area is 102 Å². The second kappa shape index (κ2) is 4.47. The molecule has 0 unspecified atom stereocenters. The van der Waals surface area contributed by atoms with E-state index in [1.807, 2.05) is 0 Å². The van der Waals surface area contributed by atoms with Gasteiger partial charge in [0.15, 0.2) is 5.78 Å². The van der Waals surface area contributed by atoms with E-state index in [0.29, 0.717) is 16.3 Å². The van der Waals surface area contributed by atoms with Crippen molar-refractivity contribution in [2.24, 2.45) is 5.92 Å². The molecule has 0 saturated carbocycles. The van der Waals surface area contributed by atoms with Crippen LogP contribution in [0.1, 0.15) is 10.4 Å². The smallest absolute Gasteiger partial charge is 0.317 e. The minimum atomic E-state index is -0.707. The Morgan fingerprint density at radius 3 is 3.00 bits per heavy atom. The lowest BCUT2D eigenvalue weighted by Crippen LogP contribution is -2.30. The molecule has 0 radical (unpaired) electrons. The molecule has 1 aliphatic heterocycles. The summed E-state index contributed by atoms with van der Waals surface area (Å²) < 4.78 is 4.60. The highest BCUT2D eigenvalue weighted by Gasteiger charge is 2.34. The number of methoxy groups -OCH3 is 1. The van der Waals surface area contributed by atoms with Crippen molar-refractivity contribution in [1.29, 1.82) is 0 Å². The summed E-state index contributed by atoms with van der Waals surface area (Å²) >= 11 is 7.30. The van der Waals surface area contributed by atoms with E-state index in [1.54, 1.807) is 18.2 Å². The van der Waals surface area contributed by atoms with Crippen LogP contribution in [-0.2, 0) is 9.53 Å². The Balaban J connectivity index is 2.38. The SMILES string of the molecule is COC(=O)[C@H]1CSc2ccc(Cl)cc2C1=O. The molecule has 5 heteroatoms. The van der Waals surface area contributed by atoms with Gasteiger partial charge in [-0.3, -0.25) is 9.59 Å². The number of Topliss-reactive ketones (excluding diaryl/α,β-unsaturated/α-hetero) is 1. The molecule has 0 aliphatic carbocycles. The van der Waals surface area contributed by atoms with Gasteiger partial charge in [0.1, 0.15) is 5.92 Å². The van der Waals surface area contributed by atoms with E-state index in [-0.39, 0.29) is 5.78 Å². The van der Waals surface area contributed by atoms with Crippen molar-refractivity contribution >= 4 is 35.1 Å². The molecule has 1 aromatic carbocycles. The molecule has 1 aliphatic rings. The molecule has 16 heavy (non-hydrogen) atoms. The summed E-state index contributed by atoms with van der Waals surface area (Å²) in [6.07, 6.45) is 0. The maximum atomic E-state index is 12.0. The summed E-state index contributed by atoms with van der Waals surface area (Å²) in [6, 6.07) is 5.13. The third kappa shape index (κ3) is 1.95. The van der Waals surface area contributed by atoms with Crippen LogP contribution < -0.4 is 0 Å². The molecule has 1 atom stereocenters. The number of fused-ring (bicyclic) bond motifs is 1. The zero-order valence-electron chi connectivity index (χ0n) is 8.53.